The van der Waals surface area contributed by atoms with Crippen molar-refractivity contribution in [1.82, 2.24) is 9.88 Å². The van der Waals surface area contributed by atoms with E-state index in [2.05, 4.69) is 4.98 Å². The van der Waals surface area contributed by atoms with Crippen LogP contribution < -0.4 is 5.73 Å². The van der Waals surface area contributed by atoms with E-state index in [9.17, 15) is 4.79 Å². The van der Waals surface area contributed by atoms with Crippen LogP contribution in [0.2, 0.25) is 0 Å². The highest BCUT2D eigenvalue weighted by atomic mass is 32.1. The lowest BCUT2D eigenvalue weighted by Gasteiger charge is -2.41. The van der Waals surface area contributed by atoms with Crippen molar-refractivity contribution in [2.75, 3.05) is 7.05 Å². The molecular formula is C13H17N3OS. The second-order valence-corrected chi connectivity index (χ2v) is 5.26. The van der Waals surface area contributed by atoms with Crippen molar-refractivity contribution in [2.24, 2.45) is 11.1 Å². The minimum Gasteiger partial charge on any atom is -0.392 e. The molecule has 5 heteroatoms. The van der Waals surface area contributed by atoms with Gasteiger partial charge in [-0.25, -0.2) is 0 Å². The molecule has 0 saturated heterocycles. The molecule has 4 nitrogen and oxygen atoms in total. The average Bonchev–Trinajstić information content (AvgIpc) is 2.28. The van der Waals surface area contributed by atoms with Crippen LogP contribution in [0.25, 0.3) is 0 Å². The smallest absolute Gasteiger partial charge is 0.235 e. The number of aromatic nitrogens is 1. The van der Waals surface area contributed by atoms with Gasteiger partial charge in [-0.05, 0) is 24.5 Å². The highest BCUT2D eigenvalue weighted by Crippen LogP contribution is 2.42. The van der Waals surface area contributed by atoms with Crippen molar-refractivity contribution < 1.29 is 4.79 Å². The van der Waals surface area contributed by atoms with Gasteiger partial charge in [0.2, 0.25) is 5.91 Å². The Morgan fingerprint density at radius 1 is 1.61 bits per heavy atom. The first-order valence-electron chi connectivity index (χ1n) is 6.01. The fraction of sp³-hybridized carbons (Fsp3) is 0.462. The number of hydrogen-bond acceptors (Lipinski definition) is 3. The molecule has 18 heavy (non-hydrogen) atoms. The molecule has 1 heterocycles. The second-order valence-electron chi connectivity index (χ2n) is 4.82. The molecule has 1 saturated carbocycles. The first-order chi connectivity index (χ1) is 8.56. The highest BCUT2D eigenvalue weighted by molar-refractivity contribution is 7.80. The maximum absolute atomic E-state index is 12.4. The van der Waals surface area contributed by atoms with Crippen molar-refractivity contribution in [3.8, 4) is 0 Å². The van der Waals surface area contributed by atoms with Crippen LogP contribution in [0.15, 0.2) is 24.5 Å². The van der Waals surface area contributed by atoms with Gasteiger partial charge in [0.05, 0.1) is 10.4 Å². The zero-order valence-electron chi connectivity index (χ0n) is 10.4. The average molecular weight is 263 g/mol. The predicted octanol–water partition coefficient (Wildman–Crippen LogP) is 1.50. The van der Waals surface area contributed by atoms with Crippen LogP contribution in [0.4, 0.5) is 0 Å². The van der Waals surface area contributed by atoms with Crippen LogP contribution in [0.1, 0.15) is 24.8 Å². The SMILES string of the molecule is CN(Cc1cccnc1)C(=O)C1(C(N)=S)CCC1. The van der Waals surface area contributed by atoms with Gasteiger partial charge >= 0.3 is 0 Å². The molecular weight excluding hydrogens is 246 g/mol. The topological polar surface area (TPSA) is 59.2 Å². The first kappa shape index (κ1) is 13.0. The van der Waals surface area contributed by atoms with Crippen LogP contribution in [0.5, 0.6) is 0 Å². The van der Waals surface area contributed by atoms with Crippen LogP contribution in [-0.2, 0) is 11.3 Å². The maximum atomic E-state index is 12.4. The Hall–Kier alpha value is -1.49. The minimum atomic E-state index is -0.591. The molecule has 2 rings (SSSR count). The van der Waals surface area contributed by atoms with Crippen LogP contribution in [-0.4, -0.2) is 27.8 Å². The number of hydrogen-bond donors (Lipinski definition) is 1. The van der Waals surface area contributed by atoms with Gasteiger partial charge in [-0.1, -0.05) is 24.7 Å². The molecule has 1 aromatic heterocycles. The zero-order chi connectivity index (χ0) is 13.2. The molecule has 1 aromatic rings. The van der Waals surface area contributed by atoms with Crippen molar-refractivity contribution in [2.45, 2.75) is 25.8 Å². The molecule has 0 unspecified atom stereocenters. The van der Waals surface area contributed by atoms with Crippen molar-refractivity contribution >= 4 is 23.1 Å². The normalized spacial score (nSPS) is 16.7. The molecule has 0 radical (unpaired) electrons. The Morgan fingerprint density at radius 3 is 2.78 bits per heavy atom. The van der Waals surface area contributed by atoms with E-state index in [1.165, 1.54) is 0 Å². The van der Waals surface area contributed by atoms with Crippen molar-refractivity contribution in [3.63, 3.8) is 0 Å². The molecule has 2 N–H and O–H groups in total. The summed E-state index contributed by atoms with van der Waals surface area (Å²) in [4.78, 5) is 18.5. The summed E-state index contributed by atoms with van der Waals surface area (Å²) in [6.07, 6.45) is 6.05. The maximum Gasteiger partial charge on any atom is 0.235 e. The quantitative estimate of drug-likeness (QED) is 0.836. The number of thiocarbonyl (C=S) groups is 1. The number of nitrogens with zero attached hydrogens (tertiary/aromatic N) is 2. The van der Waals surface area contributed by atoms with Gasteiger partial charge in [0.15, 0.2) is 0 Å². The molecule has 1 fully saturated rings. The third kappa shape index (κ3) is 2.22. The highest BCUT2D eigenvalue weighted by Gasteiger charge is 2.48. The summed E-state index contributed by atoms with van der Waals surface area (Å²) in [6, 6.07) is 3.81. The molecule has 0 atom stereocenters. The van der Waals surface area contributed by atoms with E-state index in [-0.39, 0.29) is 5.91 Å². The van der Waals surface area contributed by atoms with Gasteiger partial charge in [-0.3, -0.25) is 9.78 Å². The predicted molar refractivity (Wildman–Crippen MR) is 73.8 cm³/mol. The van der Waals surface area contributed by atoms with Gasteiger partial charge in [-0.15, -0.1) is 0 Å². The van der Waals surface area contributed by atoms with Gasteiger partial charge in [-0.2, -0.15) is 0 Å². The molecule has 1 aliphatic carbocycles. The molecule has 1 aliphatic rings. The Morgan fingerprint density at radius 2 is 2.33 bits per heavy atom. The molecule has 0 aromatic carbocycles. The monoisotopic (exact) mass is 263 g/mol. The number of pyridine rings is 1. The van der Waals surface area contributed by atoms with Crippen molar-refractivity contribution in [1.29, 1.82) is 0 Å². The lowest BCUT2D eigenvalue weighted by atomic mass is 9.67. The van der Waals surface area contributed by atoms with Crippen molar-refractivity contribution in [3.05, 3.63) is 30.1 Å². The van der Waals surface area contributed by atoms with E-state index < -0.39 is 5.41 Å². The van der Waals surface area contributed by atoms with E-state index in [1.807, 2.05) is 12.1 Å². The zero-order valence-corrected chi connectivity index (χ0v) is 11.2. The van der Waals surface area contributed by atoms with Gasteiger partial charge in [0.1, 0.15) is 0 Å². The van der Waals surface area contributed by atoms with Gasteiger partial charge in [0.25, 0.3) is 0 Å². The van der Waals surface area contributed by atoms with Gasteiger partial charge < -0.3 is 10.6 Å². The minimum absolute atomic E-state index is 0.0325. The van der Waals surface area contributed by atoms with E-state index in [0.717, 1.165) is 24.8 Å². The van der Waals surface area contributed by atoms with Crippen LogP contribution in [0.3, 0.4) is 0 Å². The third-order valence-corrected chi connectivity index (χ3v) is 3.97. The van der Waals surface area contributed by atoms with E-state index in [1.54, 1.807) is 24.3 Å². The van der Waals surface area contributed by atoms with Crippen LogP contribution >= 0.6 is 12.2 Å². The Kier molecular flexibility index (Phi) is 3.61. The Bertz CT molecular complexity index is 457. The summed E-state index contributed by atoms with van der Waals surface area (Å²) in [6.45, 7) is 0.539. The molecule has 96 valence electrons. The van der Waals surface area contributed by atoms with E-state index in [4.69, 9.17) is 18.0 Å². The lowest BCUT2D eigenvalue weighted by molar-refractivity contribution is -0.141. The Balaban J connectivity index is 2.07. The second kappa shape index (κ2) is 5.02. The standard InChI is InChI=1S/C13H17N3OS/c1-16(9-10-4-2-7-15-8-10)12(17)13(11(14)18)5-3-6-13/h2,4,7-8H,3,5-6,9H2,1H3,(H2,14,18). The fourth-order valence-electron chi connectivity index (χ4n) is 2.30. The van der Waals surface area contributed by atoms with E-state index >= 15 is 0 Å². The summed E-state index contributed by atoms with van der Waals surface area (Å²) in [7, 11) is 1.79. The summed E-state index contributed by atoms with van der Waals surface area (Å²) < 4.78 is 0. The number of rotatable bonds is 4. The molecule has 0 bridgehead atoms. The number of amides is 1. The fourth-order valence-corrected chi connectivity index (χ4v) is 2.59. The summed E-state index contributed by atoms with van der Waals surface area (Å²) in [5, 5.41) is 0. The Labute approximate surface area is 112 Å². The molecule has 0 aliphatic heterocycles. The first-order valence-corrected chi connectivity index (χ1v) is 6.41. The third-order valence-electron chi connectivity index (χ3n) is 3.58. The molecule has 1 amide bonds. The molecule has 0 spiro atoms. The van der Waals surface area contributed by atoms with E-state index in [0.29, 0.717) is 11.5 Å². The summed E-state index contributed by atoms with van der Waals surface area (Å²) in [5.41, 5.74) is 6.15. The number of carbonyl (C=O) groups is 1. The largest absolute Gasteiger partial charge is 0.392 e. The number of nitrogens with two attached hydrogens (primary N) is 1. The van der Waals surface area contributed by atoms with Crippen LogP contribution in [0, 0.1) is 5.41 Å². The summed E-state index contributed by atoms with van der Waals surface area (Å²) in [5.74, 6) is 0.0325. The lowest BCUT2D eigenvalue weighted by Crippen LogP contribution is -2.53. The van der Waals surface area contributed by atoms with Gasteiger partial charge in [0, 0.05) is 26.0 Å². The summed E-state index contributed by atoms with van der Waals surface area (Å²) >= 11 is 5.06. The number of carbonyl (C=O) groups excluding carboxylic acids is 1.